The fourth-order valence-electron chi connectivity index (χ4n) is 2.81. The first kappa shape index (κ1) is 17.7. The van der Waals surface area contributed by atoms with Gasteiger partial charge in [0.1, 0.15) is 0 Å². The Labute approximate surface area is 139 Å². The van der Waals surface area contributed by atoms with Gasteiger partial charge in [0.05, 0.1) is 4.90 Å². The molecule has 1 atom stereocenters. The lowest BCUT2D eigenvalue weighted by Gasteiger charge is -2.26. The van der Waals surface area contributed by atoms with E-state index in [1.807, 2.05) is 49.4 Å². The molecule has 0 aromatic heterocycles. The number of aryl methyl sites for hydroxylation is 1. The van der Waals surface area contributed by atoms with Gasteiger partial charge in [-0.25, -0.2) is 13.1 Å². The predicted molar refractivity (Wildman–Crippen MR) is 94.8 cm³/mol. The highest BCUT2D eigenvalue weighted by molar-refractivity contribution is 7.89. The maximum absolute atomic E-state index is 12.8. The van der Waals surface area contributed by atoms with Crippen molar-refractivity contribution in [3.63, 3.8) is 0 Å². The van der Waals surface area contributed by atoms with Gasteiger partial charge in [-0.15, -0.1) is 0 Å². The predicted octanol–water partition coefficient (Wildman–Crippen LogP) is 4.45. The van der Waals surface area contributed by atoms with Crippen LogP contribution in [0, 0.1) is 12.8 Å². The number of nitrogens with one attached hydrogen (secondary N) is 1. The molecule has 0 unspecified atom stereocenters. The third-order valence-electron chi connectivity index (χ3n) is 4.29. The number of sulfonamides is 1. The summed E-state index contributed by atoms with van der Waals surface area (Å²) < 4.78 is 28.4. The van der Waals surface area contributed by atoms with Crippen LogP contribution < -0.4 is 4.72 Å². The smallest absolute Gasteiger partial charge is 0.207 e. The monoisotopic (exact) mass is 331 g/mol. The van der Waals surface area contributed by atoms with Crippen LogP contribution in [-0.4, -0.2) is 8.42 Å². The molecular formula is C19H25NO2S. The quantitative estimate of drug-likeness (QED) is 0.814. The van der Waals surface area contributed by atoms with Gasteiger partial charge in [-0.05, 0) is 30.5 Å². The lowest BCUT2D eigenvalue weighted by atomic mass is 9.90. The van der Waals surface area contributed by atoms with Crippen molar-refractivity contribution in [1.82, 2.24) is 4.72 Å². The molecule has 2 rings (SSSR count). The van der Waals surface area contributed by atoms with Crippen molar-refractivity contribution in [2.75, 3.05) is 0 Å². The van der Waals surface area contributed by atoms with Crippen LogP contribution in [0.5, 0.6) is 0 Å². The van der Waals surface area contributed by atoms with Crippen LogP contribution in [0.3, 0.4) is 0 Å². The van der Waals surface area contributed by atoms with E-state index in [0.717, 1.165) is 24.0 Å². The lowest BCUT2D eigenvalue weighted by molar-refractivity contribution is 0.378. The van der Waals surface area contributed by atoms with Crippen LogP contribution in [0.15, 0.2) is 59.5 Å². The van der Waals surface area contributed by atoms with Crippen LogP contribution in [-0.2, 0) is 10.0 Å². The minimum absolute atomic E-state index is 0.211. The van der Waals surface area contributed by atoms with E-state index in [9.17, 15) is 8.42 Å². The Balaban J connectivity index is 2.35. The fraction of sp³-hybridized carbons (Fsp3) is 0.368. The van der Waals surface area contributed by atoms with E-state index >= 15 is 0 Å². The molecule has 0 aliphatic heterocycles. The molecule has 0 spiro atoms. The van der Waals surface area contributed by atoms with E-state index in [4.69, 9.17) is 0 Å². The third-order valence-corrected chi connectivity index (χ3v) is 5.75. The van der Waals surface area contributed by atoms with Gasteiger partial charge >= 0.3 is 0 Å². The minimum Gasteiger partial charge on any atom is -0.207 e. The number of benzene rings is 2. The van der Waals surface area contributed by atoms with Gasteiger partial charge in [0.2, 0.25) is 10.0 Å². The van der Waals surface area contributed by atoms with Crippen LogP contribution >= 0.6 is 0 Å². The zero-order valence-corrected chi connectivity index (χ0v) is 14.8. The maximum Gasteiger partial charge on any atom is 0.241 e. The summed E-state index contributed by atoms with van der Waals surface area (Å²) in [6.07, 6.45) is 1.85. The topological polar surface area (TPSA) is 46.2 Å². The van der Waals surface area contributed by atoms with Gasteiger partial charge in [-0.1, -0.05) is 74.7 Å². The minimum atomic E-state index is -3.54. The molecule has 0 aliphatic rings. The normalized spacial score (nSPS) is 13.2. The van der Waals surface area contributed by atoms with Crippen LogP contribution in [0.4, 0.5) is 0 Å². The van der Waals surface area contributed by atoms with E-state index in [1.54, 1.807) is 12.1 Å². The van der Waals surface area contributed by atoms with Crippen molar-refractivity contribution < 1.29 is 8.42 Å². The van der Waals surface area contributed by atoms with Crippen molar-refractivity contribution >= 4 is 10.0 Å². The van der Waals surface area contributed by atoms with Crippen molar-refractivity contribution in [2.45, 2.75) is 44.6 Å². The van der Waals surface area contributed by atoms with Crippen LogP contribution in [0.2, 0.25) is 0 Å². The first-order valence-corrected chi connectivity index (χ1v) is 9.60. The first-order valence-electron chi connectivity index (χ1n) is 8.12. The SMILES string of the molecule is CCC(CC)[C@@H](NS(=O)(=O)c1ccc(C)cc1)c1ccccc1. The Morgan fingerprint density at radius 1 is 0.913 bits per heavy atom. The zero-order chi connectivity index (χ0) is 16.9. The van der Waals surface area contributed by atoms with Crippen LogP contribution in [0.1, 0.15) is 43.9 Å². The molecule has 124 valence electrons. The Hall–Kier alpha value is -1.65. The highest BCUT2D eigenvalue weighted by Crippen LogP contribution is 2.29. The first-order chi connectivity index (χ1) is 11.0. The second-order valence-corrected chi connectivity index (χ2v) is 7.61. The summed E-state index contributed by atoms with van der Waals surface area (Å²) in [6.45, 7) is 6.15. The van der Waals surface area contributed by atoms with Crippen molar-refractivity contribution in [3.05, 3.63) is 65.7 Å². The molecule has 2 aromatic carbocycles. The summed E-state index contributed by atoms with van der Waals surface area (Å²) in [7, 11) is -3.54. The van der Waals surface area contributed by atoms with E-state index in [0.29, 0.717) is 4.90 Å². The molecule has 0 heterocycles. The van der Waals surface area contributed by atoms with E-state index < -0.39 is 10.0 Å². The average Bonchev–Trinajstić information content (AvgIpc) is 2.56. The molecule has 0 fully saturated rings. The standard InChI is InChI=1S/C19H25NO2S/c1-4-16(5-2)19(17-9-7-6-8-10-17)20-23(21,22)18-13-11-15(3)12-14-18/h6-14,16,19-20H,4-5H2,1-3H3/t19-/m1/s1. The Morgan fingerprint density at radius 3 is 2.00 bits per heavy atom. The molecule has 0 radical (unpaired) electrons. The molecule has 0 bridgehead atoms. The van der Waals surface area contributed by atoms with Crippen molar-refractivity contribution in [2.24, 2.45) is 5.92 Å². The lowest BCUT2D eigenvalue weighted by Crippen LogP contribution is -2.33. The van der Waals surface area contributed by atoms with Gasteiger partial charge in [-0.2, -0.15) is 0 Å². The molecule has 0 aliphatic carbocycles. The molecule has 0 saturated carbocycles. The summed E-state index contributed by atoms with van der Waals surface area (Å²) in [5, 5.41) is 0. The second-order valence-electron chi connectivity index (χ2n) is 5.90. The second kappa shape index (κ2) is 7.75. The van der Waals surface area contributed by atoms with E-state index in [2.05, 4.69) is 18.6 Å². The van der Waals surface area contributed by atoms with Gasteiger partial charge in [0.25, 0.3) is 0 Å². The molecule has 1 N–H and O–H groups in total. The summed E-state index contributed by atoms with van der Waals surface area (Å²) in [5.74, 6) is 0.262. The largest absolute Gasteiger partial charge is 0.241 e. The molecule has 3 nitrogen and oxygen atoms in total. The Morgan fingerprint density at radius 2 is 1.48 bits per heavy atom. The molecule has 4 heteroatoms. The number of rotatable bonds is 7. The third kappa shape index (κ3) is 4.43. The van der Waals surface area contributed by atoms with Crippen LogP contribution in [0.25, 0.3) is 0 Å². The molecule has 0 saturated heterocycles. The molecule has 0 amide bonds. The van der Waals surface area contributed by atoms with Gasteiger partial charge < -0.3 is 0 Å². The number of hydrogen-bond donors (Lipinski definition) is 1. The van der Waals surface area contributed by atoms with E-state index in [1.165, 1.54) is 0 Å². The maximum atomic E-state index is 12.8. The Kier molecular flexibility index (Phi) is 5.97. The fourth-order valence-corrected chi connectivity index (χ4v) is 4.10. The molecular weight excluding hydrogens is 306 g/mol. The van der Waals surface area contributed by atoms with E-state index in [-0.39, 0.29) is 12.0 Å². The summed E-state index contributed by atoms with van der Waals surface area (Å²) in [4.78, 5) is 0.315. The summed E-state index contributed by atoms with van der Waals surface area (Å²) in [6, 6.07) is 16.6. The van der Waals surface area contributed by atoms with Gasteiger partial charge in [0.15, 0.2) is 0 Å². The highest BCUT2D eigenvalue weighted by atomic mass is 32.2. The average molecular weight is 331 g/mol. The molecule has 23 heavy (non-hydrogen) atoms. The summed E-state index contributed by atoms with van der Waals surface area (Å²) in [5.41, 5.74) is 2.06. The highest BCUT2D eigenvalue weighted by Gasteiger charge is 2.26. The van der Waals surface area contributed by atoms with Gasteiger partial charge in [0, 0.05) is 6.04 Å². The zero-order valence-electron chi connectivity index (χ0n) is 14.0. The molecule has 2 aromatic rings. The van der Waals surface area contributed by atoms with Crippen molar-refractivity contribution in [1.29, 1.82) is 0 Å². The van der Waals surface area contributed by atoms with Crippen molar-refractivity contribution in [3.8, 4) is 0 Å². The van der Waals surface area contributed by atoms with Gasteiger partial charge in [-0.3, -0.25) is 0 Å². The Bertz CT molecular complexity index is 705. The summed E-state index contributed by atoms with van der Waals surface area (Å²) >= 11 is 0. The number of hydrogen-bond acceptors (Lipinski definition) is 2.